The second-order valence-corrected chi connectivity index (χ2v) is 20.1. The number of aliphatic hydroxyl groups excluding tert-OH is 1. The molecule has 1 amide bonds. The molecule has 14 heteroatoms. The monoisotopic (exact) mass is 876 g/mol. The molecule has 3 heterocycles. The average molecular weight is 877 g/mol. The van der Waals surface area contributed by atoms with Gasteiger partial charge in [-0.1, -0.05) is 76.9 Å². The minimum atomic E-state index is -0.599. The fraction of sp³-hybridized carbons (Fsp3) is 0.596. The number of aryl methyl sites for hydroxylation is 2. The summed E-state index contributed by atoms with van der Waals surface area (Å²) >= 11 is 0. The number of amides is 1. The highest BCUT2D eigenvalue weighted by Gasteiger charge is 2.43. The molecule has 0 spiro atoms. The molecule has 61 heavy (non-hydrogen) atoms. The second kappa shape index (κ2) is 23.4. The maximum atomic E-state index is 14.0. The molecular formula is C47H68N6O6S2. The summed E-state index contributed by atoms with van der Waals surface area (Å²) in [6.45, 7) is 3.33. The number of guanidine groups is 1. The van der Waals surface area contributed by atoms with E-state index in [2.05, 4.69) is 52.0 Å². The number of ether oxygens (including phenoxy) is 2. The summed E-state index contributed by atoms with van der Waals surface area (Å²) in [5.74, 6) is 3.18. The van der Waals surface area contributed by atoms with Gasteiger partial charge < -0.3 is 46.7 Å². The van der Waals surface area contributed by atoms with E-state index < -0.39 is 17.6 Å². The van der Waals surface area contributed by atoms with Crippen LogP contribution in [0.1, 0.15) is 114 Å². The first kappa shape index (κ1) is 46.5. The van der Waals surface area contributed by atoms with Crippen molar-refractivity contribution in [2.45, 2.75) is 135 Å². The molecule has 0 unspecified atom stereocenters. The molecule has 2 fully saturated rings. The van der Waals surface area contributed by atoms with Gasteiger partial charge in [0.25, 0.3) is 0 Å². The molecule has 1 aliphatic carbocycles. The molecule has 12 nitrogen and oxygen atoms in total. The Kier molecular flexibility index (Phi) is 17.9. The number of carbonyl (C=O) groups is 2. The first-order chi connectivity index (χ1) is 29.5. The number of nitrogens with one attached hydrogen (secondary N) is 2. The van der Waals surface area contributed by atoms with Gasteiger partial charge in [-0.25, -0.2) is 4.99 Å². The van der Waals surface area contributed by atoms with E-state index in [4.69, 9.17) is 20.9 Å². The molecule has 334 valence electrons. The van der Waals surface area contributed by atoms with Crippen molar-refractivity contribution < 1.29 is 29.3 Å². The van der Waals surface area contributed by atoms with Crippen LogP contribution in [0.15, 0.2) is 71.0 Å². The number of nitrogens with two attached hydrogens (primary N) is 2. The number of hydrogen-bond acceptors (Lipinski definition) is 13. The number of fused-ring (bicyclic) bond motifs is 4. The van der Waals surface area contributed by atoms with E-state index >= 15 is 0 Å². The van der Waals surface area contributed by atoms with E-state index in [9.17, 15) is 19.8 Å². The second-order valence-electron chi connectivity index (χ2n) is 17.6. The predicted octanol–water partition coefficient (Wildman–Crippen LogP) is 7.22. The zero-order valence-corrected chi connectivity index (χ0v) is 37.6. The zero-order chi connectivity index (χ0) is 43.0. The number of rotatable bonds is 8. The molecule has 1 saturated heterocycles. The number of phenols is 1. The van der Waals surface area contributed by atoms with Gasteiger partial charge in [0.15, 0.2) is 17.5 Å². The van der Waals surface area contributed by atoms with Crippen molar-refractivity contribution in [3.8, 4) is 11.5 Å². The summed E-state index contributed by atoms with van der Waals surface area (Å²) in [6.07, 6.45) is 15.9. The smallest absolute Gasteiger partial charge is 0.302 e. The van der Waals surface area contributed by atoms with Gasteiger partial charge in [0, 0.05) is 62.7 Å². The first-order valence-corrected chi connectivity index (χ1v) is 24.9. The van der Waals surface area contributed by atoms with Crippen LogP contribution in [0.5, 0.6) is 11.5 Å². The summed E-state index contributed by atoms with van der Waals surface area (Å²) in [7, 11) is 3.53. The van der Waals surface area contributed by atoms with Crippen LogP contribution in [0.2, 0.25) is 0 Å². The third-order valence-corrected chi connectivity index (χ3v) is 14.7. The van der Waals surface area contributed by atoms with Crippen LogP contribution in [-0.4, -0.2) is 82.5 Å². The average Bonchev–Trinajstić information content (AvgIpc) is 3.85. The predicted molar refractivity (Wildman–Crippen MR) is 247 cm³/mol. The third kappa shape index (κ3) is 15.1. The minimum Gasteiger partial charge on any atom is -0.504 e. The Morgan fingerprint density at radius 1 is 1.02 bits per heavy atom. The Labute approximate surface area is 370 Å². The minimum absolute atomic E-state index is 0.0201. The van der Waals surface area contributed by atoms with E-state index in [1.165, 1.54) is 12.5 Å². The number of carbonyl (C=O) groups excluding carboxylic acids is 2. The van der Waals surface area contributed by atoms with Crippen molar-refractivity contribution in [2.75, 3.05) is 31.3 Å². The molecule has 4 bridgehead atoms. The van der Waals surface area contributed by atoms with Gasteiger partial charge in [0.05, 0.1) is 23.9 Å². The van der Waals surface area contributed by atoms with Gasteiger partial charge in [-0.05, 0) is 112 Å². The molecule has 1 saturated carbocycles. The van der Waals surface area contributed by atoms with Crippen molar-refractivity contribution >= 4 is 39.4 Å². The van der Waals surface area contributed by atoms with Crippen molar-refractivity contribution in [1.82, 2.24) is 15.5 Å². The summed E-state index contributed by atoms with van der Waals surface area (Å²) in [4.78, 5) is 32.7. The Morgan fingerprint density at radius 2 is 1.80 bits per heavy atom. The van der Waals surface area contributed by atoms with Crippen LogP contribution < -0.4 is 26.8 Å². The zero-order valence-electron chi connectivity index (χ0n) is 36.0. The highest BCUT2D eigenvalue weighted by Crippen LogP contribution is 2.43. The lowest BCUT2D eigenvalue weighted by atomic mass is 9.77. The summed E-state index contributed by atoms with van der Waals surface area (Å²) < 4.78 is 12.2. The van der Waals surface area contributed by atoms with Gasteiger partial charge in [0.2, 0.25) is 5.91 Å². The normalized spacial score (nSPS) is 25.7. The standard InChI is InChI=1S/C47H68N6O6S2/c1-33(54)58-41-18-17-36-23-38(45(57)42(24-36)59-40-13-7-8-14-40)29-53-31-47(28-44(53)56,27-37-19-21-50-43(48)25-37)20-22-51-46(49)52-32-61-60-30-35(11-5-6-12-39(55)26-41)16-15-34-9-3-2-4-10-34/h2-4,9-10,19,23-25,35,39-41,50,55,57H,5-8,11-18,20-22,26-32,48H2,1H3,(H3,49,51,52)/t35-,39+,41-,47+/m1/s1. The van der Waals surface area contributed by atoms with Crippen LogP contribution in [0.4, 0.5) is 0 Å². The van der Waals surface area contributed by atoms with Gasteiger partial charge >= 0.3 is 5.97 Å². The van der Waals surface area contributed by atoms with Crippen molar-refractivity contribution in [2.24, 2.45) is 27.8 Å². The van der Waals surface area contributed by atoms with Gasteiger partial charge in [0.1, 0.15) is 6.10 Å². The Balaban J connectivity index is 1.23. The van der Waals surface area contributed by atoms with Crippen LogP contribution in [0, 0.1) is 11.3 Å². The molecule has 4 aliphatic rings. The number of aromatic hydroxyl groups is 1. The molecule has 0 aromatic heterocycles. The third-order valence-electron chi connectivity index (χ3n) is 12.5. The van der Waals surface area contributed by atoms with E-state index in [0.717, 1.165) is 74.7 Å². The molecular weight excluding hydrogens is 809 g/mol. The van der Waals surface area contributed by atoms with Gasteiger partial charge in [-0.3, -0.25) is 9.59 Å². The van der Waals surface area contributed by atoms with Crippen LogP contribution in [0.3, 0.4) is 0 Å². The number of phenolic OH excluding ortho intramolecular Hbond substituents is 1. The van der Waals surface area contributed by atoms with E-state index in [1.807, 2.05) is 33.9 Å². The fourth-order valence-electron chi connectivity index (χ4n) is 9.28. The van der Waals surface area contributed by atoms with Crippen LogP contribution in [0.25, 0.3) is 0 Å². The number of benzene rings is 2. The van der Waals surface area contributed by atoms with Gasteiger partial charge in [-0.2, -0.15) is 0 Å². The Bertz CT molecular complexity index is 1840. The topological polar surface area (TPSA) is 185 Å². The maximum Gasteiger partial charge on any atom is 0.302 e. The highest BCUT2D eigenvalue weighted by atomic mass is 33.1. The number of hydrogen-bond donors (Lipinski definition) is 6. The highest BCUT2D eigenvalue weighted by molar-refractivity contribution is 8.76. The van der Waals surface area contributed by atoms with Crippen molar-refractivity contribution in [3.63, 3.8) is 0 Å². The lowest BCUT2D eigenvalue weighted by Gasteiger charge is -2.31. The number of dihydropyridines is 1. The van der Waals surface area contributed by atoms with Gasteiger partial charge in [-0.15, -0.1) is 0 Å². The maximum absolute atomic E-state index is 14.0. The number of allylic oxidation sites excluding steroid dienone is 2. The SMILES string of the molecule is CC(=O)O[C@@H]1CCc2cc(c(O)c(OC3CCCC3)c2)CN2C[C@](CC3=CCNC(N)=C3)(CCNC(N)=NCSSC[C@@H](CCc3ccccc3)CCCC[C@H](O)C1)CC2=O. The van der Waals surface area contributed by atoms with Crippen LogP contribution >= 0.6 is 21.6 Å². The summed E-state index contributed by atoms with van der Waals surface area (Å²) in [5, 5.41) is 29.4. The molecule has 8 N–H and O–H groups in total. The largest absolute Gasteiger partial charge is 0.504 e. The molecule has 0 radical (unpaired) electrons. The Hall–Kier alpha value is -4.01. The lowest BCUT2D eigenvalue weighted by Crippen LogP contribution is -2.37. The molecule has 2 aromatic carbocycles. The van der Waals surface area contributed by atoms with Crippen LogP contribution in [-0.2, 0) is 33.7 Å². The fourth-order valence-corrected chi connectivity index (χ4v) is 11.4. The van der Waals surface area contributed by atoms with E-state index in [-0.39, 0.29) is 30.3 Å². The number of aliphatic hydroxyl groups is 1. The molecule has 6 rings (SSSR count). The number of nitrogens with zero attached hydrogens (tertiary/aromatic N) is 2. The summed E-state index contributed by atoms with van der Waals surface area (Å²) in [6, 6.07) is 14.5. The molecule has 3 aliphatic heterocycles. The van der Waals surface area contributed by atoms with Crippen molar-refractivity contribution in [3.05, 3.63) is 82.7 Å². The lowest BCUT2D eigenvalue weighted by molar-refractivity contribution is -0.148. The Morgan fingerprint density at radius 3 is 2.59 bits per heavy atom. The molecule has 4 atom stereocenters. The summed E-state index contributed by atoms with van der Waals surface area (Å²) in [5.41, 5.74) is 16.2. The van der Waals surface area contributed by atoms with Crippen molar-refractivity contribution in [1.29, 1.82) is 0 Å². The van der Waals surface area contributed by atoms with E-state index in [1.54, 1.807) is 10.8 Å². The quantitative estimate of drug-likeness (QED) is 0.116. The first-order valence-electron chi connectivity index (χ1n) is 22.4. The number of esters is 1. The molecule has 2 aromatic rings. The number of aliphatic imine (C=N–C) groups is 1. The van der Waals surface area contributed by atoms with E-state index in [0.29, 0.717) is 99.5 Å².